The molecule has 1 saturated heterocycles. The van der Waals surface area contributed by atoms with Gasteiger partial charge in [0.05, 0.1) is 12.2 Å². The average Bonchev–Trinajstić information content (AvgIpc) is 2.97. The number of morpholine rings is 1. The van der Waals surface area contributed by atoms with E-state index in [1.54, 1.807) is 0 Å². The van der Waals surface area contributed by atoms with Gasteiger partial charge < -0.3 is 19.0 Å². The van der Waals surface area contributed by atoms with Crippen LogP contribution in [0.3, 0.4) is 0 Å². The summed E-state index contributed by atoms with van der Waals surface area (Å²) in [7, 11) is 0. The van der Waals surface area contributed by atoms with Crippen LogP contribution in [0.15, 0.2) is 46.9 Å². The number of para-hydroxylation sites is 1. The number of rotatable bonds is 5. The highest BCUT2D eigenvalue weighted by Crippen LogP contribution is 2.31. The SMILES string of the molecule is C[C@@H]1CN(C[C@@H](O)COc2ccc3oc4ccccc4c3c2)C[C@H](C)O1. The first-order valence-corrected chi connectivity index (χ1v) is 9.18. The summed E-state index contributed by atoms with van der Waals surface area (Å²) in [6.07, 6.45) is -0.142. The molecule has 2 aromatic carbocycles. The van der Waals surface area contributed by atoms with E-state index in [1.165, 1.54) is 0 Å². The molecule has 5 nitrogen and oxygen atoms in total. The van der Waals surface area contributed by atoms with Crippen LogP contribution < -0.4 is 4.74 Å². The van der Waals surface area contributed by atoms with Crippen LogP contribution >= 0.6 is 0 Å². The molecule has 3 atom stereocenters. The number of benzene rings is 2. The van der Waals surface area contributed by atoms with E-state index in [0.717, 1.165) is 40.8 Å². The van der Waals surface area contributed by atoms with Gasteiger partial charge in [0.2, 0.25) is 0 Å². The molecule has 0 amide bonds. The first-order chi connectivity index (χ1) is 12.6. The van der Waals surface area contributed by atoms with Crippen LogP contribution in [0.1, 0.15) is 13.8 Å². The van der Waals surface area contributed by atoms with Crippen LogP contribution in [0.2, 0.25) is 0 Å². The van der Waals surface area contributed by atoms with Crippen LogP contribution in [0.25, 0.3) is 21.9 Å². The molecule has 0 spiro atoms. The third-order valence-corrected chi connectivity index (χ3v) is 4.75. The van der Waals surface area contributed by atoms with Crippen molar-refractivity contribution in [2.24, 2.45) is 0 Å². The molecule has 1 aromatic heterocycles. The molecule has 1 fully saturated rings. The van der Waals surface area contributed by atoms with Crippen LogP contribution in [0.4, 0.5) is 0 Å². The zero-order valence-corrected chi connectivity index (χ0v) is 15.2. The molecule has 4 rings (SSSR count). The van der Waals surface area contributed by atoms with Crippen LogP contribution in [0.5, 0.6) is 5.75 Å². The minimum Gasteiger partial charge on any atom is -0.491 e. The van der Waals surface area contributed by atoms with E-state index in [0.29, 0.717) is 6.54 Å². The Bertz CT molecular complexity index is 880. The Hall–Kier alpha value is -2.08. The van der Waals surface area contributed by atoms with E-state index in [2.05, 4.69) is 18.7 Å². The average molecular weight is 355 g/mol. The summed E-state index contributed by atoms with van der Waals surface area (Å²) in [6, 6.07) is 13.8. The maximum atomic E-state index is 10.4. The molecule has 1 aliphatic rings. The van der Waals surface area contributed by atoms with Crippen molar-refractivity contribution in [3.63, 3.8) is 0 Å². The third-order valence-electron chi connectivity index (χ3n) is 4.75. The van der Waals surface area contributed by atoms with Gasteiger partial charge in [-0.1, -0.05) is 18.2 Å². The predicted octanol–water partition coefficient (Wildman–Crippen LogP) is 3.43. The molecule has 0 aliphatic carbocycles. The van der Waals surface area contributed by atoms with Gasteiger partial charge in [0, 0.05) is 30.4 Å². The molecule has 0 unspecified atom stereocenters. The molecule has 26 heavy (non-hydrogen) atoms. The largest absolute Gasteiger partial charge is 0.491 e. The van der Waals surface area contributed by atoms with Crippen molar-refractivity contribution in [3.8, 4) is 5.75 Å². The lowest BCUT2D eigenvalue weighted by atomic mass is 10.1. The van der Waals surface area contributed by atoms with Crippen LogP contribution in [-0.4, -0.2) is 54.6 Å². The summed E-state index contributed by atoms with van der Waals surface area (Å²) in [6.45, 7) is 6.67. The van der Waals surface area contributed by atoms with Crippen molar-refractivity contribution >= 4 is 21.9 Å². The molecule has 0 saturated carbocycles. The van der Waals surface area contributed by atoms with E-state index >= 15 is 0 Å². The second-order valence-corrected chi connectivity index (χ2v) is 7.20. The lowest BCUT2D eigenvalue weighted by Gasteiger charge is -2.36. The van der Waals surface area contributed by atoms with E-state index < -0.39 is 6.10 Å². The highest BCUT2D eigenvalue weighted by atomic mass is 16.5. The minimum atomic E-state index is -0.538. The smallest absolute Gasteiger partial charge is 0.135 e. The first-order valence-electron chi connectivity index (χ1n) is 9.18. The zero-order chi connectivity index (χ0) is 18.1. The number of β-amino-alcohol motifs (C(OH)–C–C–N with tert-alkyl or cyclic N) is 1. The summed E-state index contributed by atoms with van der Waals surface area (Å²) in [5, 5.41) is 12.5. The van der Waals surface area contributed by atoms with Gasteiger partial charge in [0.15, 0.2) is 0 Å². The lowest BCUT2D eigenvalue weighted by Crippen LogP contribution is -2.48. The van der Waals surface area contributed by atoms with E-state index in [1.807, 2.05) is 42.5 Å². The van der Waals surface area contributed by atoms with Gasteiger partial charge >= 0.3 is 0 Å². The highest BCUT2D eigenvalue weighted by molar-refractivity contribution is 6.05. The molecule has 138 valence electrons. The summed E-state index contributed by atoms with van der Waals surface area (Å²) in [5.41, 5.74) is 1.71. The lowest BCUT2D eigenvalue weighted by molar-refractivity contribution is -0.0786. The summed E-state index contributed by atoms with van der Waals surface area (Å²) in [5.74, 6) is 0.742. The van der Waals surface area contributed by atoms with Crippen molar-refractivity contribution in [1.29, 1.82) is 0 Å². The van der Waals surface area contributed by atoms with Gasteiger partial charge in [0.1, 0.15) is 29.6 Å². The summed E-state index contributed by atoms with van der Waals surface area (Å²) < 4.78 is 17.4. The fourth-order valence-corrected chi connectivity index (χ4v) is 3.77. The van der Waals surface area contributed by atoms with Crippen molar-refractivity contribution in [2.75, 3.05) is 26.2 Å². The molecule has 0 bridgehead atoms. The van der Waals surface area contributed by atoms with Gasteiger partial charge in [-0.3, -0.25) is 4.90 Å². The molecule has 5 heteroatoms. The number of ether oxygens (including phenoxy) is 2. The Morgan fingerprint density at radius 2 is 1.81 bits per heavy atom. The fourth-order valence-electron chi connectivity index (χ4n) is 3.77. The van der Waals surface area contributed by atoms with Crippen molar-refractivity contribution in [3.05, 3.63) is 42.5 Å². The van der Waals surface area contributed by atoms with Gasteiger partial charge in [-0.2, -0.15) is 0 Å². The normalized spacial score (nSPS) is 22.7. The number of hydrogen-bond donors (Lipinski definition) is 1. The maximum Gasteiger partial charge on any atom is 0.135 e. The van der Waals surface area contributed by atoms with E-state index in [4.69, 9.17) is 13.9 Å². The maximum absolute atomic E-state index is 10.4. The number of hydrogen-bond acceptors (Lipinski definition) is 5. The Kier molecular flexibility index (Phi) is 4.85. The minimum absolute atomic E-state index is 0.198. The van der Waals surface area contributed by atoms with Gasteiger partial charge in [-0.15, -0.1) is 0 Å². The number of fused-ring (bicyclic) bond motifs is 3. The molecule has 0 radical (unpaired) electrons. The number of furan rings is 1. The highest BCUT2D eigenvalue weighted by Gasteiger charge is 2.24. The van der Waals surface area contributed by atoms with Gasteiger partial charge in [-0.05, 0) is 38.1 Å². The molecule has 1 aliphatic heterocycles. The second kappa shape index (κ2) is 7.27. The molecule has 2 heterocycles. The Balaban J connectivity index is 1.40. The Morgan fingerprint density at radius 1 is 1.08 bits per heavy atom. The fraction of sp³-hybridized carbons (Fsp3) is 0.429. The summed E-state index contributed by atoms with van der Waals surface area (Å²) >= 11 is 0. The molecular formula is C21H25NO4. The van der Waals surface area contributed by atoms with E-state index in [9.17, 15) is 5.11 Å². The number of aliphatic hydroxyl groups excluding tert-OH is 1. The Labute approximate surface area is 153 Å². The summed E-state index contributed by atoms with van der Waals surface area (Å²) in [4.78, 5) is 2.24. The van der Waals surface area contributed by atoms with Gasteiger partial charge in [0.25, 0.3) is 0 Å². The standard InChI is InChI=1S/C21H25NO4/c1-14-10-22(11-15(2)25-14)12-16(23)13-24-17-7-8-21-19(9-17)18-5-3-4-6-20(18)26-21/h3-9,14-16,23H,10-13H2,1-2H3/t14-,15+,16-/m1/s1. The first kappa shape index (κ1) is 17.3. The molecule has 1 N–H and O–H groups in total. The van der Waals surface area contributed by atoms with Crippen LogP contribution in [-0.2, 0) is 4.74 Å². The second-order valence-electron chi connectivity index (χ2n) is 7.20. The van der Waals surface area contributed by atoms with E-state index in [-0.39, 0.29) is 18.8 Å². The quantitative estimate of drug-likeness (QED) is 0.760. The zero-order valence-electron chi connectivity index (χ0n) is 15.2. The van der Waals surface area contributed by atoms with Crippen molar-refractivity contribution < 1.29 is 19.0 Å². The molecule has 3 aromatic rings. The molecular weight excluding hydrogens is 330 g/mol. The monoisotopic (exact) mass is 355 g/mol. The topological polar surface area (TPSA) is 55.1 Å². The van der Waals surface area contributed by atoms with Crippen LogP contribution in [0, 0.1) is 0 Å². The van der Waals surface area contributed by atoms with Crippen molar-refractivity contribution in [1.82, 2.24) is 4.90 Å². The number of nitrogens with zero attached hydrogens (tertiary/aromatic N) is 1. The van der Waals surface area contributed by atoms with Crippen molar-refractivity contribution in [2.45, 2.75) is 32.2 Å². The number of aliphatic hydroxyl groups is 1. The predicted molar refractivity (Wildman–Crippen MR) is 102 cm³/mol. The Morgan fingerprint density at radius 3 is 2.62 bits per heavy atom. The van der Waals surface area contributed by atoms with Gasteiger partial charge in [-0.25, -0.2) is 0 Å². The third kappa shape index (κ3) is 3.70.